The highest BCUT2D eigenvalue weighted by Gasteiger charge is 2.43. The molecule has 2 N–H and O–H groups in total. The Morgan fingerprint density at radius 1 is 1.13 bits per heavy atom. The number of nitrogens with zero attached hydrogens (tertiary/aromatic N) is 1. The van der Waals surface area contributed by atoms with Crippen molar-refractivity contribution < 1.29 is 19.7 Å². The predicted octanol–water partition coefficient (Wildman–Crippen LogP) is 4.09. The van der Waals surface area contributed by atoms with E-state index in [1.54, 1.807) is 0 Å². The van der Waals surface area contributed by atoms with Crippen LogP contribution in [-0.4, -0.2) is 47.0 Å². The number of β-amino-alcohol motifs (C(OH)–C–C–N with tert-alkyl or cyclic N) is 1. The van der Waals surface area contributed by atoms with Crippen molar-refractivity contribution in [2.45, 2.75) is 57.8 Å². The van der Waals surface area contributed by atoms with Gasteiger partial charge < -0.3 is 24.6 Å². The van der Waals surface area contributed by atoms with E-state index < -0.39 is 12.2 Å². The number of hydrogen-bond acceptors (Lipinski definition) is 5. The summed E-state index contributed by atoms with van der Waals surface area (Å²) in [6, 6.07) is 11.8. The molecule has 2 aromatic carbocycles. The molecule has 1 fully saturated rings. The number of ether oxygens (including phenoxy) is 2. The summed E-state index contributed by atoms with van der Waals surface area (Å²) in [7, 11) is 0. The van der Waals surface area contributed by atoms with Gasteiger partial charge in [0.15, 0.2) is 0 Å². The summed E-state index contributed by atoms with van der Waals surface area (Å²) in [6.07, 6.45) is 1.34. The standard InChI is InChI=1S/C25H33NO4/c1-4-29-20-7-5-19(6-8-20)23(28)16-26-11-9-25(10-12-26)15-22(27)21-13-17(2)18(3)14-24(21)30-25/h5-8,13-14,22-23,27-28H,4,9-12,15-16H2,1-3H3/t22-,23-/m1/s1. The normalized spacial score (nSPS) is 21.7. The van der Waals surface area contributed by atoms with Gasteiger partial charge in [-0.3, -0.25) is 0 Å². The molecule has 0 saturated carbocycles. The number of aliphatic hydroxyl groups is 2. The summed E-state index contributed by atoms with van der Waals surface area (Å²) < 4.78 is 12.0. The fourth-order valence-electron chi connectivity index (χ4n) is 4.65. The van der Waals surface area contributed by atoms with E-state index in [9.17, 15) is 10.2 Å². The lowest BCUT2D eigenvalue weighted by molar-refractivity contribution is -0.0588. The van der Waals surface area contributed by atoms with Gasteiger partial charge in [0.1, 0.15) is 17.1 Å². The number of rotatable bonds is 5. The summed E-state index contributed by atoms with van der Waals surface area (Å²) in [5.41, 5.74) is 3.88. The average Bonchev–Trinajstić information content (AvgIpc) is 2.72. The molecule has 162 valence electrons. The SMILES string of the molecule is CCOc1ccc([C@H](O)CN2CCC3(CC2)C[C@@H](O)c2cc(C)c(C)cc2O3)cc1. The third-order valence-corrected chi connectivity index (χ3v) is 6.65. The van der Waals surface area contributed by atoms with Crippen molar-refractivity contribution >= 4 is 0 Å². The minimum atomic E-state index is -0.529. The van der Waals surface area contributed by atoms with Crippen LogP contribution in [0.4, 0.5) is 0 Å². The van der Waals surface area contributed by atoms with Crippen LogP contribution in [0.5, 0.6) is 11.5 Å². The lowest BCUT2D eigenvalue weighted by Gasteiger charge is -2.46. The molecule has 2 atom stereocenters. The van der Waals surface area contributed by atoms with Crippen molar-refractivity contribution in [3.63, 3.8) is 0 Å². The fraction of sp³-hybridized carbons (Fsp3) is 0.520. The maximum absolute atomic E-state index is 10.8. The van der Waals surface area contributed by atoms with Gasteiger partial charge in [-0.25, -0.2) is 0 Å². The van der Waals surface area contributed by atoms with E-state index in [-0.39, 0.29) is 5.60 Å². The second kappa shape index (κ2) is 8.58. The van der Waals surface area contributed by atoms with E-state index in [2.05, 4.69) is 30.9 Å². The van der Waals surface area contributed by atoms with Crippen LogP contribution in [0.3, 0.4) is 0 Å². The molecule has 0 amide bonds. The summed E-state index contributed by atoms with van der Waals surface area (Å²) in [5, 5.41) is 21.4. The molecule has 0 aromatic heterocycles. The Kier molecular flexibility index (Phi) is 6.05. The molecule has 5 heteroatoms. The molecule has 0 bridgehead atoms. The van der Waals surface area contributed by atoms with E-state index in [0.29, 0.717) is 19.6 Å². The highest BCUT2D eigenvalue weighted by molar-refractivity contribution is 5.45. The summed E-state index contributed by atoms with van der Waals surface area (Å²) in [4.78, 5) is 2.29. The second-order valence-corrected chi connectivity index (χ2v) is 8.80. The van der Waals surface area contributed by atoms with Crippen molar-refractivity contribution in [2.75, 3.05) is 26.2 Å². The number of aliphatic hydroxyl groups excluding tert-OH is 2. The van der Waals surface area contributed by atoms with Crippen molar-refractivity contribution in [1.82, 2.24) is 4.90 Å². The zero-order valence-corrected chi connectivity index (χ0v) is 18.2. The number of likely N-dealkylation sites (tertiary alicyclic amines) is 1. The molecular formula is C25H33NO4. The molecule has 2 aromatic rings. The second-order valence-electron chi connectivity index (χ2n) is 8.80. The quantitative estimate of drug-likeness (QED) is 0.776. The first-order valence-corrected chi connectivity index (χ1v) is 11.0. The topological polar surface area (TPSA) is 62.2 Å². The van der Waals surface area contributed by atoms with Crippen LogP contribution < -0.4 is 9.47 Å². The summed E-state index contributed by atoms with van der Waals surface area (Å²) in [6.45, 7) is 9.04. The fourth-order valence-corrected chi connectivity index (χ4v) is 4.65. The number of benzene rings is 2. The van der Waals surface area contributed by atoms with Gasteiger partial charge in [0.25, 0.3) is 0 Å². The van der Waals surface area contributed by atoms with Gasteiger partial charge >= 0.3 is 0 Å². The first-order valence-electron chi connectivity index (χ1n) is 11.0. The third-order valence-electron chi connectivity index (χ3n) is 6.65. The third kappa shape index (κ3) is 4.34. The maximum atomic E-state index is 10.8. The van der Waals surface area contributed by atoms with Gasteiger partial charge in [0, 0.05) is 31.6 Å². The summed E-state index contributed by atoms with van der Waals surface area (Å²) >= 11 is 0. The van der Waals surface area contributed by atoms with Gasteiger partial charge in [0.05, 0.1) is 18.8 Å². The minimum absolute atomic E-state index is 0.311. The lowest BCUT2D eigenvalue weighted by Crippen LogP contribution is -2.51. The van der Waals surface area contributed by atoms with E-state index in [4.69, 9.17) is 9.47 Å². The number of piperidine rings is 1. The molecule has 1 saturated heterocycles. The van der Waals surface area contributed by atoms with E-state index >= 15 is 0 Å². The molecule has 30 heavy (non-hydrogen) atoms. The van der Waals surface area contributed by atoms with Gasteiger partial charge in [0.2, 0.25) is 0 Å². The Bertz CT molecular complexity index is 871. The Morgan fingerprint density at radius 2 is 1.80 bits per heavy atom. The number of hydrogen-bond donors (Lipinski definition) is 2. The molecule has 0 unspecified atom stereocenters. The zero-order valence-electron chi connectivity index (χ0n) is 18.2. The van der Waals surface area contributed by atoms with Crippen molar-refractivity contribution in [3.8, 4) is 11.5 Å². The van der Waals surface area contributed by atoms with Gasteiger partial charge in [-0.05, 0) is 74.6 Å². The van der Waals surface area contributed by atoms with E-state index in [1.165, 1.54) is 11.1 Å². The van der Waals surface area contributed by atoms with Crippen LogP contribution in [-0.2, 0) is 0 Å². The molecular weight excluding hydrogens is 378 g/mol. The van der Waals surface area contributed by atoms with Crippen LogP contribution in [0.1, 0.15) is 60.6 Å². The first-order chi connectivity index (χ1) is 14.4. The van der Waals surface area contributed by atoms with Crippen molar-refractivity contribution in [3.05, 3.63) is 58.7 Å². The zero-order chi connectivity index (χ0) is 21.3. The van der Waals surface area contributed by atoms with E-state index in [0.717, 1.165) is 48.6 Å². The molecule has 2 aliphatic rings. The average molecular weight is 412 g/mol. The number of fused-ring (bicyclic) bond motifs is 1. The van der Waals surface area contributed by atoms with Gasteiger partial charge in [-0.2, -0.15) is 0 Å². The Balaban J connectivity index is 1.37. The van der Waals surface area contributed by atoms with Crippen LogP contribution in [0, 0.1) is 13.8 Å². The molecule has 0 radical (unpaired) electrons. The molecule has 2 heterocycles. The molecule has 0 aliphatic carbocycles. The van der Waals surface area contributed by atoms with Crippen molar-refractivity contribution in [1.29, 1.82) is 0 Å². The maximum Gasteiger partial charge on any atom is 0.126 e. The van der Waals surface area contributed by atoms with Crippen molar-refractivity contribution in [2.24, 2.45) is 0 Å². The van der Waals surface area contributed by atoms with Gasteiger partial charge in [-0.1, -0.05) is 12.1 Å². The van der Waals surface area contributed by atoms with Crippen LogP contribution in [0.25, 0.3) is 0 Å². The predicted molar refractivity (Wildman–Crippen MR) is 117 cm³/mol. The largest absolute Gasteiger partial charge is 0.494 e. The highest BCUT2D eigenvalue weighted by Crippen LogP contribution is 2.45. The van der Waals surface area contributed by atoms with Crippen LogP contribution in [0.15, 0.2) is 36.4 Å². The molecule has 4 rings (SSSR count). The van der Waals surface area contributed by atoms with Crippen LogP contribution in [0.2, 0.25) is 0 Å². The highest BCUT2D eigenvalue weighted by atomic mass is 16.5. The summed E-state index contributed by atoms with van der Waals surface area (Å²) in [5.74, 6) is 1.66. The lowest BCUT2D eigenvalue weighted by atomic mass is 9.81. The minimum Gasteiger partial charge on any atom is -0.494 e. The van der Waals surface area contributed by atoms with Gasteiger partial charge in [-0.15, -0.1) is 0 Å². The van der Waals surface area contributed by atoms with E-state index in [1.807, 2.05) is 31.2 Å². The Hall–Kier alpha value is -2.08. The molecule has 2 aliphatic heterocycles. The number of aryl methyl sites for hydroxylation is 2. The first kappa shape index (κ1) is 21.2. The molecule has 1 spiro atoms. The molecule has 5 nitrogen and oxygen atoms in total. The monoisotopic (exact) mass is 411 g/mol. The Morgan fingerprint density at radius 3 is 2.47 bits per heavy atom. The van der Waals surface area contributed by atoms with Crippen LogP contribution >= 0.6 is 0 Å². The smallest absolute Gasteiger partial charge is 0.126 e. The Labute approximate surface area is 179 Å².